The largest absolute Gasteiger partial charge is 0.282 e. The number of hydrogen-bond acceptors (Lipinski definition) is 1. The molecule has 52 valence electrons. The topological polar surface area (TPSA) is 17.1 Å². The summed E-state index contributed by atoms with van der Waals surface area (Å²) in [5.74, 6) is 0. The number of carbonyl (C=O) groups excluding carboxylic acids is 1. The van der Waals surface area contributed by atoms with Crippen molar-refractivity contribution in [2.75, 3.05) is 0 Å². The van der Waals surface area contributed by atoms with Crippen molar-refractivity contribution < 1.29 is 4.79 Å². The van der Waals surface area contributed by atoms with E-state index in [1.165, 1.54) is 0 Å². The molecule has 1 aromatic carbocycles. The zero-order valence-corrected chi connectivity index (χ0v) is 9.29. The van der Waals surface area contributed by atoms with Crippen molar-refractivity contribution in [3.8, 4) is 0 Å². The van der Waals surface area contributed by atoms with Crippen molar-refractivity contribution in [2.45, 2.75) is 0 Å². The molecule has 0 radical (unpaired) electrons. The molecule has 1 rings (SSSR count). The lowest BCUT2D eigenvalue weighted by atomic mass is 10.2. The normalized spacial score (nSPS) is 9.40. The maximum absolute atomic E-state index is 10.7. The van der Waals surface area contributed by atoms with Crippen LogP contribution < -0.4 is 0 Å². The molecule has 0 N–H and O–H groups in total. The fraction of sp³-hybridized carbons (Fsp3) is 0. The van der Waals surface area contributed by atoms with Gasteiger partial charge in [-0.05, 0) is 46.9 Å². The summed E-state index contributed by atoms with van der Waals surface area (Å²) in [7, 11) is 0. The van der Waals surface area contributed by atoms with E-state index in [0.717, 1.165) is 9.13 Å². The van der Waals surface area contributed by atoms with Crippen LogP contribution in [0, 0.1) is 3.57 Å². The second kappa shape index (κ2) is 3.66. The molecule has 0 aliphatic heterocycles. The molecule has 0 atom stereocenters. The molecule has 0 spiro atoms. The van der Waals surface area contributed by atoms with Crippen LogP contribution in [0.15, 0.2) is 24.3 Å². The molecule has 0 fully saturated rings. The molecule has 1 nitrogen and oxygen atoms in total. The fourth-order valence-electron chi connectivity index (χ4n) is 0.581. The first-order chi connectivity index (χ1) is 4.70. The predicted octanol–water partition coefficient (Wildman–Crippen LogP) is 2.87. The highest BCUT2D eigenvalue weighted by atomic mass is 127. The second-order valence-corrected chi connectivity index (χ2v) is 4.01. The summed E-state index contributed by atoms with van der Waals surface area (Å²) >= 11 is 3.98. The summed E-state index contributed by atoms with van der Waals surface area (Å²) in [5, 5.41) is 0. The van der Waals surface area contributed by atoms with Crippen LogP contribution in [0.4, 0.5) is 0 Å². The van der Waals surface area contributed by atoms with E-state index in [0.29, 0.717) is 0 Å². The van der Waals surface area contributed by atoms with E-state index >= 15 is 0 Å². The molecule has 0 aliphatic rings. The lowest BCUT2D eigenvalue weighted by Crippen LogP contribution is -1.85. The Labute approximate surface area is 86.5 Å². The zero-order valence-electron chi connectivity index (χ0n) is 4.97. The van der Waals surface area contributed by atoms with Gasteiger partial charge < -0.3 is 0 Å². The standard InChI is InChI=1S/C7H4I2O/c8-6-3-1-5(2-4-6)7(9)10/h1-4H. The molecule has 0 unspecified atom stereocenters. The minimum absolute atomic E-state index is 0.0917. The third-order valence-electron chi connectivity index (χ3n) is 1.07. The average molecular weight is 358 g/mol. The van der Waals surface area contributed by atoms with Crippen molar-refractivity contribution in [3.05, 3.63) is 33.4 Å². The monoisotopic (exact) mass is 358 g/mol. The Morgan fingerprint density at radius 2 is 1.70 bits per heavy atom. The zero-order chi connectivity index (χ0) is 7.56. The third-order valence-corrected chi connectivity index (χ3v) is 2.41. The number of carbonyl (C=O) groups is 1. The molecule has 0 aromatic heterocycles. The summed E-state index contributed by atoms with van der Waals surface area (Å²) < 4.78 is 1.24. The van der Waals surface area contributed by atoms with Crippen LogP contribution in [0.25, 0.3) is 0 Å². The van der Waals surface area contributed by atoms with Crippen LogP contribution in [0.5, 0.6) is 0 Å². The van der Waals surface area contributed by atoms with Crippen molar-refractivity contribution in [1.29, 1.82) is 0 Å². The van der Waals surface area contributed by atoms with Gasteiger partial charge in [0.15, 0.2) is 0 Å². The van der Waals surface area contributed by atoms with Crippen LogP contribution in [-0.2, 0) is 0 Å². The highest BCUT2D eigenvalue weighted by Crippen LogP contribution is 2.09. The number of rotatable bonds is 1. The van der Waals surface area contributed by atoms with Gasteiger partial charge in [-0.15, -0.1) is 0 Å². The van der Waals surface area contributed by atoms with Gasteiger partial charge >= 0.3 is 0 Å². The Hall–Kier alpha value is 0.350. The molecular weight excluding hydrogens is 354 g/mol. The maximum atomic E-state index is 10.7. The molecule has 3 heteroatoms. The van der Waals surface area contributed by atoms with Gasteiger partial charge in [0.05, 0.1) is 0 Å². The lowest BCUT2D eigenvalue weighted by Gasteiger charge is -1.91. The Morgan fingerprint density at radius 3 is 2.10 bits per heavy atom. The minimum Gasteiger partial charge on any atom is -0.282 e. The fourth-order valence-corrected chi connectivity index (χ4v) is 1.30. The van der Waals surface area contributed by atoms with Crippen LogP contribution in [0.3, 0.4) is 0 Å². The van der Waals surface area contributed by atoms with Crippen molar-refractivity contribution >= 4 is 49.0 Å². The molecule has 0 saturated carbocycles. The molecule has 10 heavy (non-hydrogen) atoms. The average Bonchev–Trinajstić information content (AvgIpc) is 1.88. The molecule has 0 saturated heterocycles. The Morgan fingerprint density at radius 1 is 1.20 bits per heavy atom. The number of benzene rings is 1. The van der Waals surface area contributed by atoms with Gasteiger partial charge in [-0.1, -0.05) is 0 Å². The molecule has 0 bridgehead atoms. The van der Waals surface area contributed by atoms with Gasteiger partial charge in [0, 0.05) is 31.7 Å². The summed E-state index contributed by atoms with van der Waals surface area (Å²) in [4.78, 5) is 10.7. The third kappa shape index (κ3) is 2.19. The molecule has 0 heterocycles. The maximum Gasteiger partial charge on any atom is 0.222 e. The van der Waals surface area contributed by atoms with Gasteiger partial charge in [-0.3, -0.25) is 4.79 Å². The SMILES string of the molecule is O=C(I)c1ccc(I)cc1. The molecule has 0 aliphatic carbocycles. The minimum atomic E-state index is 0.0917. The van der Waals surface area contributed by atoms with E-state index in [1.54, 1.807) is 22.6 Å². The van der Waals surface area contributed by atoms with E-state index in [4.69, 9.17) is 0 Å². The number of hydrogen-bond donors (Lipinski definition) is 0. The molecule has 1 aromatic rings. The van der Waals surface area contributed by atoms with Crippen molar-refractivity contribution in [3.63, 3.8) is 0 Å². The van der Waals surface area contributed by atoms with Gasteiger partial charge in [0.25, 0.3) is 0 Å². The molecular formula is C7H4I2O. The molecule has 0 amide bonds. The van der Waals surface area contributed by atoms with E-state index in [1.807, 2.05) is 24.3 Å². The summed E-state index contributed by atoms with van der Waals surface area (Å²) in [6.07, 6.45) is 0. The highest BCUT2D eigenvalue weighted by Gasteiger charge is 1.97. The lowest BCUT2D eigenvalue weighted by molar-refractivity contribution is 0.110. The van der Waals surface area contributed by atoms with E-state index in [2.05, 4.69) is 22.6 Å². The Bertz CT molecular complexity index is 240. The van der Waals surface area contributed by atoms with Crippen molar-refractivity contribution in [1.82, 2.24) is 0 Å². The van der Waals surface area contributed by atoms with E-state index < -0.39 is 0 Å². The van der Waals surface area contributed by atoms with Crippen LogP contribution >= 0.6 is 45.2 Å². The predicted molar refractivity (Wildman–Crippen MR) is 57.5 cm³/mol. The van der Waals surface area contributed by atoms with Crippen LogP contribution in [0.2, 0.25) is 0 Å². The Balaban J connectivity index is 3.00. The van der Waals surface area contributed by atoms with Crippen molar-refractivity contribution in [2.24, 2.45) is 0 Å². The summed E-state index contributed by atoms with van der Waals surface area (Å²) in [6.45, 7) is 0. The first kappa shape index (κ1) is 8.45. The smallest absolute Gasteiger partial charge is 0.222 e. The number of halogens is 2. The van der Waals surface area contributed by atoms with Gasteiger partial charge in [0.1, 0.15) is 0 Å². The second-order valence-electron chi connectivity index (χ2n) is 1.78. The van der Waals surface area contributed by atoms with E-state index in [-0.39, 0.29) is 3.79 Å². The highest BCUT2D eigenvalue weighted by molar-refractivity contribution is 14.1. The first-order valence-electron chi connectivity index (χ1n) is 2.65. The van der Waals surface area contributed by atoms with Crippen LogP contribution in [0.1, 0.15) is 10.4 Å². The van der Waals surface area contributed by atoms with Crippen LogP contribution in [-0.4, -0.2) is 3.79 Å². The Kier molecular flexibility index (Phi) is 3.09. The summed E-state index contributed by atoms with van der Waals surface area (Å²) in [5.41, 5.74) is 0.765. The first-order valence-corrected chi connectivity index (χ1v) is 4.81. The van der Waals surface area contributed by atoms with E-state index in [9.17, 15) is 4.79 Å². The quantitative estimate of drug-likeness (QED) is 0.558. The summed E-state index contributed by atoms with van der Waals surface area (Å²) in [6, 6.07) is 7.51. The van der Waals surface area contributed by atoms with Gasteiger partial charge in [0.2, 0.25) is 3.79 Å². The van der Waals surface area contributed by atoms with Gasteiger partial charge in [-0.2, -0.15) is 0 Å². The van der Waals surface area contributed by atoms with Gasteiger partial charge in [-0.25, -0.2) is 0 Å².